The number of hydrogen-bond acceptors (Lipinski definition) is 3. The van der Waals surface area contributed by atoms with Gasteiger partial charge in [-0.25, -0.2) is 9.97 Å². The summed E-state index contributed by atoms with van der Waals surface area (Å²) >= 11 is 0. The SMILES string of the molecule is CC(=O)Nc1cccc(-c2nc(C(F)(F)F)nc(C)c2C)c1. The Morgan fingerprint density at radius 1 is 1.18 bits per heavy atom. The van der Waals surface area contributed by atoms with Crippen LogP contribution in [0.3, 0.4) is 0 Å². The predicted molar refractivity (Wildman–Crippen MR) is 76.2 cm³/mol. The van der Waals surface area contributed by atoms with E-state index in [1.54, 1.807) is 31.2 Å². The molecule has 1 N–H and O–H groups in total. The number of benzene rings is 1. The highest BCUT2D eigenvalue weighted by molar-refractivity contribution is 5.89. The zero-order valence-electron chi connectivity index (χ0n) is 12.2. The van der Waals surface area contributed by atoms with Crippen molar-refractivity contribution in [2.24, 2.45) is 0 Å². The largest absolute Gasteiger partial charge is 0.451 e. The van der Waals surface area contributed by atoms with Crippen LogP contribution in [0, 0.1) is 13.8 Å². The maximum Gasteiger partial charge on any atom is 0.451 e. The lowest BCUT2D eigenvalue weighted by Gasteiger charge is -2.13. The van der Waals surface area contributed by atoms with Crippen LogP contribution in [0.1, 0.15) is 24.0 Å². The van der Waals surface area contributed by atoms with E-state index in [-0.39, 0.29) is 17.3 Å². The van der Waals surface area contributed by atoms with Crippen LogP contribution in [0.2, 0.25) is 0 Å². The Labute approximate surface area is 125 Å². The Morgan fingerprint density at radius 3 is 2.45 bits per heavy atom. The van der Waals surface area contributed by atoms with Crippen molar-refractivity contribution in [2.45, 2.75) is 26.9 Å². The van der Waals surface area contributed by atoms with Gasteiger partial charge >= 0.3 is 6.18 Å². The molecule has 22 heavy (non-hydrogen) atoms. The van der Waals surface area contributed by atoms with Crippen LogP contribution in [-0.4, -0.2) is 15.9 Å². The summed E-state index contributed by atoms with van der Waals surface area (Å²) in [5.41, 5.74) is 2.01. The summed E-state index contributed by atoms with van der Waals surface area (Å²) in [6.07, 6.45) is -4.61. The molecule has 116 valence electrons. The number of amides is 1. The van der Waals surface area contributed by atoms with Gasteiger partial charge in [0.05, 0.1) is 5.69 Å². The molecule has 7 heteroatoms. The second-order valence-electron chi connectivity index (χ2n) is 4.87. The summed E-state index contributed by atoms with van der Waals surface area (Å²) in [6, 6.07) is 6.51. The molecule has 0 unspecified atom stereocenters. The highest BCUT2D eigenvalue weighted by Crippen LogP contribution is 2.31. The molecule has 2 aromatic rings. The number of carbonyl (C=O) groups is 1. The smallest absolute Gasteiger partial charge is 0.326 e. The normalized spacial score (nSPS) is 11.4. The zero-order valence-corrected chi connectivity index (χ0v) is 12.2. The monoisotopic (exact) mass is 309 g/mol. The molecule has 1 aromatic heterocycles. The number of halogens is 3. The maximum atomic E-state index is 12.9. The molecule has 1 heterocycles. The van der Waals surface area contributed by atoms with E-state index >= 15 is 0 Å². The first kappa shape index (κ1) is 15.9. The van der Waals surface area contributed by atoms with Crippen LogP contribution in [0.5, 0.6) is 0 Å². The lowest BCUT2D eigenvalue weighted by Crippen LogP contribution is -2.14. The fourth-order valence-corrected chi connectivity index (χ4v) is 1.98. The van der Waals surface area contributed by atoms with Crippen LogP contribution in [0.15, 0.2) is 24.3 Å². The number of rotatable bonds is 2. The topological polar surface area (TPSA) is 54.9 Å². The average molecular weight is 309 g/mol. The molecule has 0 saturated carbocycles. The van der Waals surface area contributed by atoms with Crippen LogP contribution in [0.4, 0.5) is 18.9 Å². The van der Waals surface area contributed by atoms with Crippen molar-refractivity contribution in [3.8, 4) is 11.3 Å². The van der Waals surface area contributed by atoms with Crippen molar-refractivity contribution in [1.29, 1.82) is 0 Å². The number of nitrogens with one attached hydrogen (secondary N) is 1. The molecule has 0 aliphatic heterocycles. The number of anilines is 1. The van der Waals surface area contributed by atoms with Gasteiger partial charge in [0.2, 0.25) is 11.7 Å². The number of nitrogens with zero attached hydrogens (tertiary/aromatic N) is 2. The molecule has 0 aliphatic rings. The second-order valence-corrected chi connectivity index (χ2v) is 4.87. The molecule has 2 rings (SSSR count). The number of aryl methyl sites for hydroxylation is 1. The van der Waals surface area contributed by atoms with E-state index in [4.69, 9.17) is 0 Å². The molecule has 1 amide bonds. The van der Waals surface area contributed by atoms with Crippen LogP contribution in [-0.2, 0) is 11.0 Å². The van der Waals surface area contributed by atoms with Gasteiger partial charge in [0.25, 0.3) is 0 Å². The summed E-state index contributed by atoms with van der Waals surface area (Å²) in [4.78, 5) is 18.2. The van der Waals surface area contributed by atoms with E-state index in [1.807, 2.05) is 0 Å². The first-order valence-electron chi connectivity index (χ1n) is 6.49. The van der Waals surface area contributed by atoms with Gasteiger partial charge in [-0.1, -0.05) is 12.1 Å². The van der Waals surface area contributed by atoms with Gasteiger partial charge in [-0.05, 0) is 31.5 Å². The van der Waals surface area contributed by atoms with Crippen LogP contribution in [0.25, 0.3) is 11.3 Å². The molecule has 4 nitrogen and oxygen atoms in total. The van der Waals surface area contributed by atoms with E-state index in [0.29, 0.717) is 16.8 Å². The second kappa shape index (κ2) is 5.75. The van der Waals surface area contributed by atoms with Gasteiger partial charge in [0, 0.05) is 23.9 Å². The average Bonchev–Trinajstić information content (AvgIpc) is 2.40. The summed E-state index contributed by atoms with van der Waals surface area (Å²) in [6.45, 7) is 4.53. The molecule has 1 aromatic carbocycles. The molecule has 0 fully saturated rings. The van der Waals surface area contributed by atoms with E-state index < -0.39 is 12.0 Å². The van der Waals surface area contributed by atoms with Gasteiger partial charge in [0.15, 0.2) is 0 Å². The maximum absolute atomic E-state index is 12.9. The molecular weight excluding hydrogens is 295 g/mol. The van der Waals surface area contributed by atoms with Crippen molar-refractivity contribution in [2.75, 3.05) is 5.32 Å². The summed E-state index contributed by atoms with van der Waals surface area (Å²) < 4.78 is 38.6. The van der Waals surface area contributed by atoms with E-state index in [2.05, 4.69) is 15.3 Å². The number of alkyl halides is 3. The number of hydrogen-bond donors (Lipinski definition) is 1. The van der Waals surface area contributed by atoms with E-state index in [1.165, 1.54) is 13.8 Å². The third kappa shape index (κ3) is 3.41. The Balaban J connectivity index is 2.57. The number of aromatic nitrogens is 2. The molecule has 0 aliphatic carbocycles. The predicted octanol–water partition coefficient (Wildman–Crippen LogP) is 3.74. The van der Waals surface area contributed by atoms with E-state index in [0.717, 1.165) is 0 Å². The first-order chi connectivity index (χ1) is 10.2. The minimum atomic E-state index is -4.61. The van der Waals surface area contributed by atoms with Crippen LogP contribution < -0.4 is 5.32 Å². The Bertz CT molecular complexity index is 726. The van der Waals surface area contributed by atoms with Gasteiger partial charge < -0.3 is 5.32 Å². The van der Waals surface area contributed by atoms with Gasteiger partial charge in [-0.15, -0.1) is 0 Å². The molecule has 0 atom stereocenters. The minimum Gasteiger partial charge on any atom is -0.326 e. The van der Waals surface area contributed by atoms with Crippen molar-refractivity contribution in [3.05, 3.63) is 41.3 Å². The van der Waals surface area contributed by atoms with Gasteiger partial charge in [-0.3, -0.25) is 4.79 Å². The van der Waals surface area contributed by atoms with Crippen molar-refractivity contribution < 1.29 is 18.0 Å². The lowest BCUT2D eigenvalue weighted by atomic mass is 10.0. The standard InChI is InChI=1S/C15H14F3N3O/c1-8-9(2)19-14(15(16,17)18)21-13(8)11-5-4-6-12(7-11)20-10(3)22/h4-7H,1-3H3,(H,20,22). The van der Waals surface area contributed by atoms with Crippen molar-refractivity contribution >= 4 is 11.6 Å². The third-order valence-electron chi connectivity index (χ3n) is 3.10. The third-order valence-corrected chi connectivity index (χ3v) is 3.10. The van der Waals surface area contributed by atoms with Crippen molar-refractivity contribution in [1.82, 2.24) is 9.97 Å². The quantitative estimate of drug-likeness (QED) is 0.919. The fraction of sp³-hybridized carbons (Fsp3) is 0.267. The Morgan fingerprint density at radius 2 is 1.86 bits per heavy atom. The Hall–Kier alpha value is -2.44. The van der Waals surface area contributed by atoms with Crippen molar-refractivity contribution in [3.63, 3.8) is 0 Å². The molecule has 0 spiro atoms. The van der Waals surface area contributed by atoms with Gasteiger partial charge in [0.1, 0.15) is 0 Å². The van der Waals surface area contributed by atoms with Crippen LogP contribution >= 0.6 is 0 Å². The fourth-order valence-electron chi connectivity index (χ4n) is 1.98. The Kier molecular flexibility index (Phi) is 4.16. The molecular formula is C15H14F3N3O. The molecule has 0 saturated heterocycles. The highest BCUT2D eigenvalue weighted by atomic mass is 19.4. The number of carbonyl (C=O) groups excluding carboxylic acids is 1. The lowest BCUT2D eigenvalue weighted by molar-refractivity contribution is -0.145. The molecule has 0 radical (unpaired) electrons. The minimum absolute atomic E-state index is 0.201. The molecule has 0 bridgehead atoms. The van der Waals surface area contributed by atoms with E-state index in [9.17, 15) is 18.0 Å². The highest BCUT2D eigenvalue weighted by Gasteiger charge is 2.35. The summed E-state index contributed by atoms with van der Waals surface area (Å²) in [5, 5.41) is 2.59. The zero-order chi connectivity index (χ0) is 16.5. The van der Waals surface area contributed by atoms with Gasteiger partial charge in [-0.2, -0.15) is 13.2 Å². The summed E-state index contributed by atoms with van der Waals surface area (Å²) in [7, 11) is 0. The summed E-state index contributed by atoms with van der Waals surface area (Å²) in [5.74, 6) is -1.43. The first-order valence-corrected chi connectivity index (χ1v) is 6.49.